The number of benzene rings is 3. The number of anilines is 1. The maximum absolute atomic E-state index is 13.2. The zero-order valence-electron chi connectivity index (χ0n) is 20.4. The molecule has 1 aromatic heterocycles. The first-order valence-corrected chi connectivity index (χ1v) is 12.9. The fourth-order valence-corrected chi connectivity index (χ4v) is 4.60. The van der Waals surface area contributed by atoms with Gasteiger partial charge < -0.3 is 15.0 Å². The molecule has 0 fully saturated rings. The first-order chi connectivity index (χ1) is 18.6. The molecule has 1 amide bonds. The predicted octanol–water partition coefficient (Wildman–Crippen LogP) is 6.32. The largest absolute Gasteiger partial charge is 0.457 e. The molecule has 4 aromatic rings. The van der Waals surface area contributed by atoms with Crippen LogP contribution in [0.5, 0.6) is 0 Å². The van der Waals surface area contributed by atoms with E-state index in [-0.39, 0.29) is 12.5 Å². The Morgan fingerprint density at radius 2 is 1.82 bits per heavy atom. The fraction of sp³-hybridized carbons (Fsp3) is 0.0667. The van der Waals surface area contributed by atoms with Crippen LogP contribution in [0, 0.1) is 0 Å². The lowest BCUT2D eigenvalue weighted by molar-refractivity contribution is 0.0473. The van der Waals surface area contributed by atoms with E-state index in [9.17, 15) is 9.59 Å². The molecule has 1 aliphatic rings. The van der Waals surface area contributed by atoms with Crippen LogP contribution >= 0.6 is 11.8 Å². The van der Waals surface area contributed by atoms with Gasteiger partial charge in [0.2, 0.25) is 0 Å². The second kappa shape index (κ2) is 11.6. The Kier molecular flexibility index (Phi) is 7.61. The number of amides is 1. The van der Waals surface area contributed by atoms with Gasteiger partial charge in [-0.1, -0.05) is 48.5 Å². The molecule has 5 rings (SSSR count). The van der Waals surface area contributed by atoms with Gasteiger partial charge in [-0.25, -0.2) is 9.78 Å². The van der Waals surface area contributed by atoms with E-state index in [1.165, 1.54) is 0 Å². The van der Waals surface area contributed by atoms with Gasteiger partial charge in [-0.3, -0.25) is 9.79 Å². The smallest absolute Gasteiger partial charge is 0.338 e. The number of aliphatic imine (C=N–C) groups is 1. The molecule has 38 heavy (non-hydrogen) atoms. The monoisotopic (exact) mass is 520 g/mol. The number of carbonyl (C=O) groups is 2. The number of nitrogens with one attached hydrogen (secondary N) is 1. The molecule has 1 aliphatic heterocycles. The molecule has 7 nitrogen and oxygen atoms in total. The van der Waals surface area contributed by atoms with Crippen LogP contribution in [0.1, 0.15) is 31.8 Å². The average Bonchev–Trinajstić information content (AvgIpc) is 3.48. The Bertz CT molecular complexity index is 1570. The van der Waals surface area contributed by atoms with E-state index in [2.05, 4.69) is 22.0 Å². The molecular formula is C30H24N4O3S. The number of hydrogen-bond acceptors (Lipinski definition) is 7. The number of rotatable bonds is 8. The van der Waals surface area contributed by atoms with Crippen molar-refractivity contribution >= 4 is 52.8 Å². The van der Waals surface area contributed by atoms with Crippen molar-refractivity contribution in [1.29, 1.82) is 0 Å². The van der Waals surface area contributed by atoms with Crippen LogP contribution in [0.2, 0.25) is 0 Å². The average molecular weight is 521 g/mol. The van der Waals surface area contributed by atoms with Crippen molar-refractivity contribution in [2.24, 2.45) is 4.99 Å². The number of esters is 1. The molecule has 0 atom stereocenters. The third-order valence-electron chi connectivity index (χ3n) is 5.86. The van der Waals surface area contributed by atoms with Crippen molar-refractivity contribution < 1.29 is 14.3 Å². The molecule has 1 N–H and O–H groups in total. The summed E-state index contributed by atoms with van der Waals surface area (Å²) in [7, 11) is 0. The third-order valence-corrected chi connectivity index (χ3v) is 6.62. The van der Waals surface area contributed by atoms with Gasteiger partial charge in [0.1, 0.15) is 12.4 Å². The van der Waals surface area contributed by atoms with Gasteiger partial charge in [0.05, 0.1) is 22.7 Å². The molecule has 3 aromatic carbocycles. The highest BCUT2D eigenvalue weighted by Gasteiger charge is 2.16. The number of aromatic nitrogens is 1. The molecule has 0 bridgehead atoms. The molecule has 0 radical (unpaired) electrons. The van der Waals surface area contributed by atoms with Crippen LogP contribution in [-0.2, 0) is 11.3 Å². The summed E-state index contributed by atoms with van der Waals surface area (Å²) in [5.74, 6) is 0.454. The first-order valence-electron chi connectivity index (χ1n) is 11.9. The van der Waals surface area contributed by atoms with Gasteiger partial charge in [0.15, 0.2) is 0 Å². The fourth-order valence-electron chi connectivity index (χ4n) is 3.94. The third kappa shape index (κ3) is 5.82. The summed E-state index contributed by atoms with van der Waals surface area (Å²) in [5.41, 5.74) is 3.72. The van der Waals surface area contributed by atoms with Gasteiger partial charge in [-0.15, -0.1) is 11.8 Å². The van der Waals surface area contributed by atoms with E-state index >= 15 is 0 Å². The van der Waals surface area contributed by atoms with Gasteiger partial charge >= 0.3 is 5.97 Å². The van der Waals surface area contributed by atoms with E-state index in [1.807, 2.05) is 71.2 Å². The Morgan fingerprint density at radius 3 is 2.58 bits per heavy atom. The molecule has 0 aliphatic carbocycles. The number of ether oxygens (including phenoxy) is 1. The Balaban J connectivity index is 1.31. The summed E-state index contributed by atoms with van der Waals surface area (Å²) in [6.45, 7) is 3.89. The Morgan fingerprint density at radius 1 is 1.03 bits per heavy atom. The summed E-state index contributed by atoms with van der Waals surface area (Å²) in [5, 5.41) is 5.63. The highest BCUT2D eigenvalue weighted by Crippen LogP contribution is 2.25. The quantitative estimate of drug-likeness (QED) is 0.216. The van der Waals surface area contributed by atoms with Gasteiger partial charge in [0.25, 0.3) is 5.91 Å². The summed E-state index contributed by atoms with van der Waals surface area (Å²) in [6, 6.07) is 25.4. The molecule has 2 heterocycles. The zero-order chi connectivity index (χ0) is 26.3. The number of pyridine rings is 1. The SMILES string of the molecule is C=N/C(=C\N1C=CSC1)c1ccccc1C(=O)Nc1ccc2cc(C(=O)OCc3ccccc3)ccc2n1. The van der Waals surface area contributed by atoms with Crippen molar-refractivity contribution in [2.75, 3.05) is 11.2 Å². The predicted molar refractivity (Wildman–Crippen MR) is 153 cm³/mol. The topological polar surface area (TPSA) is 83.9 Å². The van der Waals surface area contributed by atoms with Crippen molar-refractivity contribution in [2.45, 2.75) is 6.61 Å². The number of nitrogens with zero attached hydrogens (tertiary/aromatic N) is 3. The minimum Gasteiger partial charge on any atom is -0.457 e. The highest BCUT2D eigenvalue weighted by atomic mass is 32.2. The summed E-state index contributed by atoms with van der Waals surface area (Å²) < 4.78 is 5.43. The lowest BCUT2D eigenvalue weighted by Gasteiger charge is -2.14. The molecule has 0 unspecified atom stereocenters. The minimum atomic E-state index is -0.410. The molecule has 188 valence electrons. The van der Waals surface area contributed by atoms with Gasteiger partial charge in [-0.2, -0.15) is 0 Å². The van der Waals surface area contributed by atoms with Crippen molar-refractivity contribution in [1.82, 2.24) is 9.88 Å². The molecule has 0 spiro atoms. The maximum Gasteiger partial charge on any atom is 0.338 e. The summed E-state index contributed by atoms with van der Waals surface area (Å²) in [4.78, 5) is 36.5. The lowest BCUT2D eigenvalue weighted by atomic mass is 10.0. The highest BCUT2D eigenvalue weighted by molar-refractivity contribution is 8.02. The van der Waals surface area contributed by atoms with E-state index in [0.717, 1.165) is 16.8 Å². The van der Waals surface area contributed by atoms with Crippen molar-refractivity contribution in [3.8, 4) is 0 Å². The Labute approximate surface area is 224 Å². The van der Waals surface area contributed by atoms with Gasteiger partial charge in [0, 0.05) is 28.9 Å². The van der Waals surface area contributed by atoms with Crippen LogP contribution in [0.15, 0.2) is 108 Å². The molecule has 0 saturated heterocycles. The van der Waals surface area contributed by atoms with E-state index in [4.69, 9.17) is 4.74 Å². The number of carbonyl (C=O) groups excluding carboxylic acids is 2. The zero-order valence-corrected chi connectivity index (χ0v) is 21.2. The first kappa shape index (κ1) is 25.0. The van der Waals surface area contributed by atoms with E-state index in [0.29, 0.717) is 33.7 Å². The van der Waals surface area contributed by atoms with E-state index < -0.39 is 5.97 Å². The van der Waals surface area contributed by atoms with Crippen LogP contribution in [-0.4, -0.2) is 34.4 Å². The van der Waals surface area contributed by atoms with Crippen LogP contribution in [0.25, 0.3) is 16.6 Å². The normalized spacial score (nSPS) is 12.9. The summed E-state index contributed by atoms with van der Waals surface area (Å²) >= 11 is 1.67. The molecule has 0 saturated carbocycles. The summed E-state index contributed by atoms with van der Waals surface area (Å²) in [6.07, 6.45) is 3.82. The lowest BCUT2D eigenvalue weighted by Crippen LogP contribution is -2.15. The standard InChI is InChI=1S/C30H24N4O3S/c1-31-27(18-34-15-16-38-20-34)24-9-5-6-10-25(24)29(35)33-28-14-12-22-17-23(11-13-26(22)32-28)30(36)37-19-21-7-3-2-4-8-21/h2-18H,1,19-20H2,(H,32,33,35)/b27-18-. The van der Waals surface area contributed by atoms with E-state index in [1.54, 1.807) is 48.2 Å². The second-order valence-corrected chi connectivity index (χ2v) is 9.30. The number of fused-ring (bicyclic) bond motifs is 1. The molecule has 8 heteroatoms. The minimum absolute atomic E-state index is 0.203. The van der Waals surface area contributed by atoms with Crippen LogP contribution in [0.3, 0.4) is 0 Å². The van der Waals surface area contributed by atoms with Crippen LogP contribution < -0.4 is 5.32 Å². The Hall–Kier alpha value is -4.69. The van der Waals surface area contributed by atoms with Gasteiger partial charge in [-0.05, 0) is 54.1 Å². The van der Waals surface area contributed by atoms with Crippen LogP contribution in [0.4, 0.5) is 5.82 Å². The second-order valence-electron chi connectivity index (χ2n) is 8.43. The van der Waals surface area contributed by atoms with Crippen molar-refractivity contribution in [3.05, 3.63) is 125 Å². The number of hydrogen-bond donors (Lipinski definition) is 1. The van der Waals surface area contributed by atoms with Crippen molar-refractivity contribution in [3.63, 3.8) is 0 Å². The number of thioether (sulfide) groups is 1. The molecular weight excluding hydrogens is 496 g/mol. The maximum atomic E-state index is 13.2.